The molecule has 1 aromatic rings. The van der Waals surface area contributed by atoms with Crippen molar-refractivity contribution >= 4 is 0 Å². The van der Waals surface area contributed by atoms with Crippen molar-refractivity contribution in [1.82, 2.24) is 0 Å². The normalized spacial score (nSPS) is 31.8. The average Bonchev–Trinajstić information content (AvgIpc) is 2.94. The predicted molar refractivity (Wildman–Crippen MR) is 64.9 cm³/mol. The number of hydrogen-bond acceptors (Lipinski definition) is 1. The second kappa shape index (κ2) is 4.61. The summed E-state index contributed by atoms with van der Waals surface area (Å²) in [6.45, 7) is 0. The summed E-state index contributed by atoms with van der Waals surface area (Å²) in [4.78, 5) is 0. The molecule has 2 aliphatic rings. The van der Waals surface area contributed by atoms with Crippen molar-refractivity contribution in [2.45, 2.75) is 38.2 Å². The first-order chi connectivity index (χ1) is 8.65. The molecule has 4 unspecified atom stereocenters. The third kappa shape index (κ3) is 2.05. The van der Waals surface area contributed by atoms with Crippen LogP contribution in [-0.4, -0.2) is 5.11 Å². The Morgan fingerprint density at radius 1 is 1.22 bits per heavy atom. The molecular weight excluding hydrogens is 234 g/mol. The molecule has 0 saturated heterocycles. The van der Waals surface area contributed by atoms with Crippen LogP contribution in [0, 0.1) is 29.4 Å². The molecule has 3 rings (SSSR count). The van der Waals surface area contributed by atoms with Crippen LogP contribution in [0.4, 0.5) is 8.78 Å². The molecule has 1 aromatic carbocycles. The lowest BCUT2D eigenvalue weighted by Gasteiger charge is -2.24. The van der Waals surface area contributed by atoms with Crippen LogP contribution in [0.2, 0.25) is 0 Å². The molecule has 2 fully saturated rings. The fraction of sp³-hybridized carbons (Fsp3) is 0.600. The molecule has 0 heterocycles. The first kappa shape index (κ1) is 12.1. The van der Waals surface area contributed by atoms with Crippen LogP contribution in [0.1, 0.15) is 43.8 Å². The van der Waals surface area contributed by atoms with Gasteiger partial charge in [-0.05, 0) is 49.5 Å². The van der Waals surface area contributed by atoms with Gasteiger partial charge in [0.1, 0.15) is 0 Å². The van der Waals surface area contributed by atoms with Crippen molar-refractivity contribution in [1.29, 1.82) is 0 Å². The Kier molecular flexibility index (Phi) is 3.10. The second-order valence-corrected chi connectivity index (χ2v) is 5.83. The number of fused-ring (bicyclic) bond motifs is 2. The van der Waals surface area contributed by atoms with Gasteiger partial charge in [0, 0.05) is 5.56 Å². The molecule has 0 aromatic heterocycles. The summed E-state index contributed by atoms with van der Waals surface area (Å²) in [7, 11) is 0. The van der Waals surface area contributed by atoms with E-state index >= 15 is 0 Å². The maximum atomic E-state index is 13.6. The topological polar surface area (TPSA) is 20.2 Å². The molecule has 0 spiro atoms. The molecule has 98 valence electrons. The molecule has 2 aliphatic carbocycles. The number of hydrogen-bond donors (Lipinski definition) is 1. The Bertz CT molecular complexity index is 446. The summed E-state index contributed by atoms with van der Waals surface area (Å²) < 4.78 is 26.7. The Morgan fingerprint density at radius 2 is 2.06 bits per heavy atom. The third-order valence-corrected chi connectivity index (χ3v) is 4.75. The molecule has 18 heavy (non-hydrogen) atoms. The van der Waals surface area contributed by atoms with Crippen molar-refractivity contribution < 1.29 is 13.9 Å². The fourth-order valence-corrected chi connectivity index (χ4v) is 3.86. The molecule has 2 bridgehead atoms. The van der Waals surface area contributed by atoms with Gasteiger partial charge in [0.15, 0.2) is 11.6 Å². The molecule has 0 amide bonds. The highest BCUT2D eigenvalue weighted by molar-refractivity contribution is 5.21. The zero-order valence-corrected chi connectivity index (χ0v) is 10.3. The quantitative estimate of drug-likeness (QED) is 0.867. The highest BCUT2D eigenvalue weighted by Crippen LogP contribution is 2.51. The Morgan fingerprint density at radius 3 is 2.72 bits per heavy atom. The first-order valence-corrected chi connectivity index (χ1v) is 6.77. The zero-order chi connectivity index (χ0) is 12.7. The first-order valence-electron chi connectivity index (χ1n) is 6.77. The fourth-order valence-electron chi connectivity index (χ4n) is 3.86. The van der Waals surface area contributed by atoms with E-state index in [4.69, 9.17) is 0 Å². The van der Waals surface area contributed by atoms with E-state index in [9.17, 15) is 13.9 Å². The van der Waals surface area contributed by atoms with E-state index < -0.39 is 17.7 Å². The Balaban J connectivity index is 1.71. The molecule has 2 saturated carbocycles. The maximum Gasteiger partial charge on any atom is 0.164 e. The van der Waals surface area contributed by atoms with Gasteiger partial charge < -0.3 is 5.11 Å². The summed E-state index contributed by atoms with van der Waals surface area (Å²) in [6.07, 6.45) is 4.67. The van der Waals surface area contributed by atoms with Crippen LogP contribution >= 0.6 is 0 Å². The van der Waals surface area contributed by atoms with E-state index in [1.165, 1.54) is 31.4 Å². The highest BCUT2D eigenvalue weighted by atomic mass is 19.2. The van der Waals surface area contributed by atoms with Gasteiger partial charge in [0.25, 0.3) is 0 Å². The van der Waals surface area contributed by atoms with Gasteiger partial charge in [-0.1, -0.05) is 18.6 Å². The van der Waals surface area contributed by atoms with Gasteiger partial charge in [0.2, 0.25) is 0 Å². The largest absolute Gasteiger partial charge is 0.388 e. The van der Waals surface area contributed by atoms with Crippen LogP contribution in [0.5, 0.6) is 0 Å². The highest BCUT2D eigenvalue weighted by Gasteiger charge is 2.40. The smallest absolute Gasteiger partial charge is 0.164 e. The van der Waals surface area contributed by atoms with Crippen LogP contribution in [-0.2, 0) is 0 Å². The van der Waals surface area contributed by atoms with E-state index in [0.29, 0.717) is 18.3 Å². The van der Waals surface area contributed by atoms with Crippen LogP contribution in [0.25, 0.3) is 0 Å². The molecule has 1 nitrogen and oxygen atoms in total. The number of rotatable bonds is 3. The molecule has 4 atom stereocenters. The van der Waals surface area contributed by atoms with Crippen molar-refractivity contribution in [2.24, 2.45) is 17.8 Å². The van der Waals surface area contributed by atoms with Gasteiger partial charge >= 0.3 is 0 Å². The van der Waals surface area contributed by atoms with E-state index in [-0.39, 0.29) is 5.56 Å². The lowest BCUT2D eigenvalue weighted by Crippen LogP contribution is -2.15. The molecule has 3 heteroatoms. The standard InChI is InChI=1S/C15H18F2O/c16-13-3-1-2-12(15(13)17)14(18)8-11-7-9-4-5-10(11)6-9/h1-3,9-11,14,18H,4-8H2. The van der Waals surface area contributed by atoms with Gasteiger partial charge in [-0.2, -0.15) is 0 Å². The molecule has 0 radical (unpaired) electrons. The lowest BCUT2D eigenvalue weighted by atomic mass is 9.83. The third-order valence-electron chi connectivity index (χ3n) is 4.75. The minimum Gasteiger partial charge on any atom is -0.388 e. The van der Waals surface area contributed by atoms with Gasteiger partial charge in [0.05, 0.1) is 6.10 Å². The van der Waals surface area contributed by atoms with Crippen LogP contribution in [0.3, 0.4) is 0 Å². The monoisotopic (exact) mass is 252 g/mol. The molecule has 0 aliphatic heterocycles. The van der Waals surface area contributed by atoms with Crippen molar-refractivity contribution in [2.75, 3.05) is 0 Å². The van der Waals surface area contributed by atoms with Crippen molar-refractivity contribution in [3.63, 3.8) is 0 Å². The summed E-state index contributed by atoms with van der Waals surface area (Å²) in [5, 5.41) is 10.1. The number of halogens is 2. The van der Waals surface area contributed by atoms with Gasteiger partial charge in [-0.15, -0.1) is 0 Å². The lowest BCUT2D eigenvalue weighted by molar-refractivity contribution is 0.121. The average molecular weight is 252 g/mol. The van der Waals surface area contributed by atoms with E-state index in [1.807, 2.05) is 0 Å². The SMILES string of the molecule is OC(CC1CC2CCC1C2)c1cccc(F)c1F. The molecular formula is C15H18F2O. The Labute approximate surface area is 106 Å². The summed E-state index contributed by atoms with van der Waals surface area (Å²) in [6, 6.07) is 4.02. The van der Waals surface area contributed by atoms with Gasteiger partial charge in [-0.25, -0.2) is 8.78 Å². The second-order valence-electron chi connectivity index (χ2n) is 5.83. The number of aliphatic hydroxyl groups is 1. The van der Waals surface area contributed by atoms with Crippen molar-refractivity contribution in [3.8, 4) is 0 Å². The van der Waals surface area contributed by atoms with E-state index in [0.717, 1.165) is 18.4 Å². The summed E-state index contributed by atoms with van der Waals surface area (Å²) in [5.74, 6) is 0.222. The predicted octanol–water partition coefficient (Wildman–Crippen LogP) is 3.82. The minimum atomic E-state index is -0.895. The number of benzene rings is 1. The van der Waals surface area contributed by atoms with E-state index in [1.54, 1.807) is 0 Å². The zero-order valence-electron chi connectivity index (χ0n) is 10.3. The number of aliphatic hydroxyl groups excluding tert-OH is 1. The molecule has 1 N–H and O–H groups in total. The summed E-state index contributed by atoms with van der Waals surface area (Å²) in [5.41, 5.74) is 0.109. The van der Waals surface area contributed by atoms with Crippen molar-refractivity contribution in [3.05, 3.63) is 35.4 Å². The summed E-state index contributed by atoms with van der Waals surface area (Å²) >= 11 is 0. The minimum absolute atomic E-state index is 0.109. The maximum absolute atomic E-state index is 13.6. The van der Waals surface area contributed by atoms with Crippen LogP contribution in [0.15, 0.2) is 18.2 Å². The van der Waals surface area contributed by atoms with Gasteiger partial charge in [-0.3, -0.25) is 0 Å². The Hall–Kier alpha value is -0.960. The van der Waals surface area contributed by atoms with Crippen LogP contribution < -0.4 is 0 Å². The van der Waals surface area contributed by atoms with E-state index in [2.05, 4.69) is 0 Å².